The van der Waals surface area contributed by atoms with E-state index in [1.807, 2.05) is 11.8 Å². The lowest BCUT2D eigenvalue weighted by molar-refractivity contribution is -0.119. The third-order valence-corrected chi connectivity index (χ3v) is 4.72. The fourth-order valence-corrected chi connectivity index (χ4v) is 3.61. The van der Waals surface area contributed by atoms with Gasteiger partial charge in [0, 0.05) is 29.1 Å². The van der Waals surface area contributed by atoms with Gasteiger partial charge in [-0.2, -0.15) is 16.1 Å². The zero-order chi connectivity index (χ0) is 11.0. The molecule has 1 saturated carbocycles. The van der Waals surface area contributed by atoms with E-state index in [0.29, 0.717) is 11.0 Å². The minimum Gasteiger partial charge on any atom is -0.300 e. The van der Waals surface area contributed by atoms with Crippen molar-refractivity contribution in [1.82, 2.24) is 9.36 Å². The Morgan fingerprint density at radius 2 is 2.25 bits per heavy atom. The van der Waals surface area contributed by atoms with Crippen LogP contribution in [0.2, 0.25) is 0 Å². The van der Waals surface area contributed by atoms with Crippen LogP contribution in [0.1, 0.15) is 31.0 Å². The molecule has 3 rings (SSSR count). The molecular weight excluding hydrogens is 242 g/mol. The lowest BCUT2D eigenvalue weighted by Gasteiger charge is -2.06. The smallest absolute Gasteiger partial charge is 0.230 e. The summed E-state index contributed by atoms with van der Waals surface area (Å²) in [6.45, 7) is 0. The Hall–Kier alpha value is -0.620. The molecule has 1 N–H and O–H groups in total. The first-order valence-corrected chi connectivity index (χ1v) is 7.48. The molecule has 2 heterocycles. The lowest BCUT2D eigenvalue weighted by atomic mass is 10.1. The number of carbonyl (C=O) groups is 1. The average Bonchev–Trinajstić information content (AvgIpc) is 2.82. The Bertz CT molecular complexity index is 397. The first-order chi connectivity index (χ1) is 7.83. The van der Waals surface area contributed by atoms with Crippen LogP contribution in [-0.4, -0.2) is 26.8 Å². The highest BCUT2D eigenvalue weighted by atomic mass is 32.2. The SMILES string of the molecule is O=C(Nc1nc(C2CC2)ns1)C1CCSC1. The maximum Gasteiger partial charge on any atom is 0.230 e. The lowest BCUT2D eigenvalue weighted by Crippen LogP contribution is -2.22. The van der Waals surface area contributed by atoms with E-state index in [2.05, 4.69) is 14.7 Å². The van der Waals surface area contributed by atoms with E-state index in [-0.39, 0.29) is 11.8 Å². The van der Waals surface area contributed by atoms with Crippen LogP contribution in [0.3, 0.4) is 0 Å². The summed E-state index contributed by atoms with van der Waals surface area (Å²) in [7, 11) is 0. The number of thioether (sulfide) groups is 1. The van der Waals surface area contributed by atoms with Crippen molar-refractivity contribution in [3.63, 3.8) is 0 Å². The summed E-state index contributed by atoms with van der Waals surface area (Å²) >= 11 is 3.15. The Balaban J connectivity index is 1.61. The van der Waals surface area contributed by atoms with Crippen LogP contribution >= 0.6 is 23.3 Å². The molecule has 2 aliphatic rings. The molecule has 86 valence electrons. The second-order valence-electron chi connectivity index (χ2n) is 4.28. The van der Waals surface area contributed by atoms with E-state index in [1.54, 1.807) is 0 Å². The van der Waals surface area contributed by atoms with E-state index in [0.717, 1.165) is 23.8 Å². The first kappa shape index (κ1) is 10.5. The molecule has 2 fully saturated rings. The second kappa shape index (κ2) is 4.33. The number of amides is 1. The predicted molar refractivity (Wildman–Crippen MR) is 65.9 cm³/mol. The number of nitrogens with one attached hydrogen (secondary N) is 1. The van der Waals surface area contributed by atoms with Crippen LogP contribution in [0, 0.1) is 5.92 Å². The van der Waals surface area contributed by atoms with Crippen LogP contribution in [0.25, 0.3) is 0 Å². The second-order valence-corrected chi connectivity index (χ2v) is 6.18. The molecular formula is C10H13N3OS2. The van der Waals surface area contributed by atoms with E-state index in [1.165, 1.54) is 24.4 Å². The number of rotatable bonds is 3. The molecule has 1 atom stereocenters. The minimum absolute atomic E-state index is 0.114. The molecule has 0 bridgehead atoms. The largest absolute Gasteiger partial charge is 0.300 e. The van der Waals surface area contributed by atoms with Crippen molar-refractivity contribution in [2.24, 2.45) is 5.92 Å². The fourth-order valence-electron chi connectivity index (χ4n) is 1.74. The van der Waals surface area contributed by atoms with Gasteiger partial charge in [0.15, 0.2) is 0 Å². The normalized spacial score (nSPS) is 24.6. The van der Waals surface area contributed by atoms with Crippen molar-refractivity contribution in [3.05, 3.63) is 5.82 Å². The molecule has 6 heteroatoms. The molecule has 1 saturated heterocycles. The topological polar surface area (TPSA) is 54.9 Å². The monoisotopic (exact) mass is 255 g/mol. The van der Waals surface area contributed by atoms with Crippen molar-refractivity contribution < 1.29 is 4.79 Å². The van der Waals surface area contributed by atoms with E-state index in [4.69, 9.17) is 0 Å². The predicted octanol–water partition coefficient (Wildman–Crippen LogP) is 2.11. The number of aromatic nitrogens is 2. The number of hydrogen-bond acceptors (Lipinski definition) is 5. The number of anilines is 1. The molecule has 4 nitrogen and oxygen atoms in total. The highest BCUT2D eigenvalue weighted by Crippen LogP contribution is 2.39. The third kappa shape index (κ3) is 2.22. The molecule has 1 aliphatic carbocycles. The minimum atomic E-state index is 0.114. The highest BCUT2D eigenvalue weighted by molar-refractivity contribution is 7.99. The molecule has 1 aromatic heterocycles. The van der Waals surface area contributed by atoms with Crippen molar-refractivity contribution >= 4 is 34.3 Å². The maximum atomic E-state index is 11.8. The molecule has 1 aliphatic heterocycles. The highest BCUT2D eigenvalue weighted by Gasteiger charge is 2.29. The Morgan fingerprint density at radius 3 is 2.94 bits per heavy atom. The van der Waals surface area contributed by atoms with Crippen molar-refractivity contribution in [2.45, 2.75) is 25.2 Å². The summed E-state index contributed by atoms with van der Waals surface area (Å²) < 4.78 is 4.27. The van der Waals surface area contributed by atoms with E-state index < -0.39 is 0 Å². The van der Waals surface area contributed by atoms with E-state index in [9.17, 15) is 4.79 Å². The van der Waals surface area contributed by atoms with Crippen molar-refractivity contribution in [2.75, 3.05) is 16.8 Å². The van der Waals surface area contributed by atoms with Gasteiger partial charge in [0.2, 0.25) is 11.0 Å². The Morgan fingerprint density at radius 1 is 1.38 bits per heavy atom. The molecule has 1 unspecified atom stereocenters. The standard InChI is InChI=1S/C10H13N3OS2/c14-9(7-3-4-15-5-7)12-10-11-8(13-16-10)6-1-2-6/h6-7H,1-5H2,(H,11,12,13,14). The molecule has 0 radical (unpaired) electrons. The van der Waals surface area contributed by atoms with E-state index >= 15 is 0 Å². The summed E-state index contributed by atoms with van der Waals surface area (Å²) in [5.74, 6) is 3.80. The van der Waals surface area contributed by atoms with Gasteiger partial charge in [0.25, 0.3) is 0 Å². The zero-order valence-electron chi connectivity index (χ0n) is 8.81. The molecule has 0 spiro atoms. The number of nitrogens with zero attached hydrogens (tertiary/aromatic N) is 2. The van der Waals surface area contributed by atoms with Crippen molar-refractivity contribution in [1.29, 1.82) is 0 Å². The van der Waals surface area contributed by atoms with Crippen LogP contribution in [0.4, 0.5) is 5.13 Å². The van der Waals surface area contributed by atoms with Gasteiger partial charge in [0.1, 0.15) is 5.82 Å². The maximum absolute atomic E-state index is 11.8. The van der Waals surface area contributed by atoms with Gasteiger partial charge in [-0.25, -0.2) is 4.98 Å². The quantitative estimate of drug-likeness (QED) is 0.898. The van der Waals surface area contributed by atoms with Crippen molar-refractivity contribution in [3.8, 4) is 0 Å². The molecule has 16 heavy (non-hydrogen) atoms. The third-order valence-electron chi connectivity index (χ3n) is 2.91. The van der Waals surface area contributed by atoms with Crippen LogP contribution in [-0.2, 0) is 4.79 Å². The Labute approximate surface area is 102 Å². The van der Waals surface area contributed by atoms with Gasteiger partial charge in [-0.3, -0.25) is 4.79 Å². The van der Waals surface area contributed by atoms with Crippen LogP contribution < -0.4 is 5.32 Å². The first-order valence-electron chi connectivity index (χ1n) is 5.55. The van der Waals surface area contributed by atoms with Crippen LogP contribution in [0.15, 0.2) is 0 Å². The summed E-state index contributed by atoms with van der Waals surface area (Å²) in [6.07, 6.45) is 3.39. The van der Waals surface area contributed by atoms with Crippen LogP contribution in [0.5, 0.6) is 0 Å². The molecule has 1 aromatic rings. The Kier molecular flexibility index (Phi) is 2.85. The zero-order valence-corrected chi connectivity index (χ0v) is 10.4. The number of carbonyl (C=O) groups excluding carboxylic acids is 1. The summed E-state index contributed by atoms with van der Waals surface area (Å²) in [6, 6.07) is 0. The van der Waals surface area contributed by atoms with Gasteiger partial charge in [0.05, 0.1) is 0 Å². The molecule has 1 amide bonds. The van der Waals surface area contributed by atoms with Gasteiger partial charge in [-0.1, -0.05) is 0 Å². The molecule has 0 aromatic carbocycles. The number of hydrogen-bond donors (Lipinski definition) is 1. The van der Waals surface area contributed by atoms with Gasteiger partial charge < -0.3 is 5.32 Å². The van der Waals surface area contributed by atoms with Gasteiger partial charge in [-0.15, -0.1) is 0 Å². The summed E-state index contributed by atoms with van der Waals surface area (Å²) in [5.41, 5.74) is 0. The van der Waals surface area contributed by atoms with Gasteiger partial charge >= 0.3 is 0 Å². The summed E-state index contributed by atoms with van der Waals surface area (Å²) in [4.78, 5) is 16.2. The van der Waals surface area contributed by atoms with Gasteiger partial charge in [-0.05, 0) is 25.0 Å². The fraction of sp³-hybridized carbons (Fsp3) is 0.700. The summed E-state index contributed by atoms with van der Waals surface area (Å²) in [5, 5.41) is 3.55. The average molecular weight is 255 g/mol.